The molecule has 0 N–H and O–H groups in total. The number of amidine groups is 1. The first-order valence-electron chi connectivity index (χ1n) is 11.3. The number of pyridine rings is 1. The van der Waals surface area contributed by atoms with E-state index in [4.69, 9.17) is 14.5 Å². The molecular weight excluding hydrogens is 408 g/mol. The number of hydrogen-bond donors (Lipinski definition) is 0. The third kappa shape index (κ3) is 3.89. The Labute approximate surface area is 188 Å². The molecule has 3 aliphatic rings. The van der Waals surface area contributed by atoms with Crippen LogP contribution in [0.1, 0.15) is 43.6 Å². The van der Waals surface area contributed by atoms with E-state index in [1.54, 1.807) is 0 Å². The summed E-state index contributed by atoms with van der Waals surface area (Å²) in [6.07, 6.45) is 2.97. The predicted octanol–water partition coefficient (Wildman–Crippen LogP) is 4.30. The Morgan fingerprint density at radius 2 is 2.03 bits per heavy atom. The topological polar surface area (TPSA) is 50.2 Å². The van der Waals surface area contributed by atoms with Gasteiger partial charge in [-0.05, 0) is 31.5 Å². The molecule has 3 atom stereocenters. The number of nitrogens with zero attached hydrogens (tertiary/aromatic N) is 4. The third-order valence-electron chi connectivity index (χ3n) is 6.32. The van der Waals surface area contributed by atoms with Gasteiger partial charge < -0.3 is 19.3 Å². The summed E-state index contributed by atoms with van der Waals surface area (Å²) in [6.45, 7) is 8.34. The maximum absolute atomic E-state index is 6.22. The van der Waals surface area contributed by atoms with Crippen molar-refractivity contribution in [2.75, 3.05) is 43.6 Å². The molecule has 0 unspecified atom stereocenters. The highest BCUT2D eigenvalue weighted by Gasteiger charge is 2.46. The van der Waals surface area contributed by atoms with E-state index in [0.29, 0.717) is 12.6 Å². The maximum Gasteiger partial charge on any atom is 0.160 e. The second kappa shape index (κ2) is 9.09. The van der Waals surface area contributed by atoms with Gasteiger partial charge in [-0.25, -0.2) is 0 Å². The third-order valence-corrected chi connectivity index (χ3v) is 7.45. The first kappa shape index (κ1) is 20.6. The highest BCUT2D eigenvalue weighted by atomic mass is 32.2. The smallest absolute Gasteiger partial charge is 0.160 e. The fourth-order valence-electron chi connectivity index (χ4n) is 4.75. The second-order valence-electron chi connectivity index (χ2n) is 8.09. The molecule has 0 saturated carbocycles. The molecule has 2 aromatic rings. The molecule has 0 radical (unpaired) electrons. The van der Waals surface area contributed by atoms with Crippen molar-refractivity contribution in [3.63, 3.8) is 0 Å². The van der Waals surface area contributed by atoms with Crippen molar-refractivity contribution in [2.24, 2.45) is 4.99 Å². The molecule has 5 rings (SSSR count). The van der Waals surface area contributed by atoms with Crippen LogP contribution in [-0.2, 0) is 4.74 Å². The molecule has 0 spiro atoms. The number of anilines is 1. The largest absolute Gasteiger partial charge is 0.493 e. The van der Waals surface area contributed by atoms with Gasteiger partial charge in [0.05, 0.1) is 31.6 Å². The van der Waals surface area contributed by atoms with Gasteiger partial charge in [0, 0.05) is 48.4 Å². The lowest BCUT2D eigenvalue weighted by atomic mass is 9.94. The molecule has 7 heteroatoms. The van der Waals surface area contributed by atoms with Crippen molar-refractivity contribution >= 4 is 22.6 Å². The van der Waals surface area contributed by atoms with Crippen LogP contribution in [0.3, 0.4) is 0 Å². The number of aliphatic imine (C=N–C) groups is 1. The number of aromatic nitrogens is 1. The average Bonchev–Trinajstić information content (AvgIpc) is 3.40. The van der Waals surface area contributed by atoms with Crippen molar-refractivity contribution in [3.05, 3.63) is 53.9 Å². The summed E-state index contributed by atoms with van der Waals surface area (Å²) >= 11 is 1.87. The Kier molecular flexibility index (Phi) is 6.05. The highest BCUT2D eigenvalue weighted by molar-refractivity contribution is 8.14. The minimum Gasteiger partial charge on any atom is -0.493 e. The van der Waals surface area contributed by atoms with Crippen LogP contribution in [0.25, 0.3) is 0 Å². The van der Waals surface area contributed by atoms with Crippen LogP contribution in [0.5, 0.6) is 5.75 Å². The minimum absolute atomic E-state index is 0.0218. The van der Waals surface area contributed by atoms with E-state index >= 15 is 0 Å². The van der Waals surface area contributed by atoms with Crippen molar-refractivity contribution in [3.8, 4) is 5.75 Å². The van der Waals surface area contributed by atoms with E-state index in [0.717, 1.165) is 55.1 Å². The monoisotopic (exact) mass is 438 g/mol. The molecule has 0 amide bonds. The fourth-order valence-corrected chi connectivity index (χ4v) is 6.09. The Morgan fingerprint density at radius 3 is 2.77 bits per heavy atom. The number of hydrogen-bond acceptors (Lipinski definition) is 7. The van der Waals surface area contributed by atoms with Gasteiger partial charge in [-0.2, -0.15) is 0 Å². The molecule has 3 aliphatic heterocycles. The highest BCUT2D eigenvalue weighted by Crippen LogP contribution is 2.50. The normalized spacial score (nSPS) is 25.5. The van der Waals surface area contributed by atoms with Crippen molar-refractivity contribution in [1.29, 1.82) is 0 Å². The molecule has 1 aromatic heterocycles. The van der Waals surface area contributed by atoms with Crippen LogP contribution in [0.15, 0.2) is 47.6 Å². The first-order valence-corrected chi connectivity index (χ1v) is 12.3. The maximum atomic E-state index is 6.22. The van der Waals surface area contributed by atoms with Gasteiger partial charge in [0.2, 0.25) is 0 Å². The van der Waals surface area contributed by atoms with Gasteiger partial charge in [0.1, 0.15) is 11.8 Å². The summed E-state index contributed by atoms with van der Waals surface area (Å²) in [5.41, 5.74) is 3.42. The zero-order chi connectivity index (χ0) is 21.2. The van der Waals surface area contributed by atoms with E-state index in [1.807, 2.05) is 24.0 Å². The van der Waals surface area contributed by atoms with Crippen LogP contribution < -0.4 is 9.64 Å². The number of ether oxygens (including phenoxy) is 2. The molecule has 6 nitrogen and oxygen atoms in total. The van der Waals surface area contributed by atoms with Crippen LogP contribution in [0, 0.1) is 0 Å². The molecule has 164 valence electrons. The summed E-state index contributed by atoms with van der Waals surface area (Å²) in [6, 6.07) is 13.4. The van der Waals surface area contributed by atoms with Crippen LogP contribution in [0.2, 0.25) is 0 Å². The number of benzene rings is 1. The molecule has 2 saturated heterocycles. The van der Waals surface area contributed by atoms with Crippen LogP contribution in [-0.4, -0.2) is 59.8 Å². The number of thioether (sulfide) groups is 1. The zero-order valence-corrected chi connectivity index (χ0v) is 19.1. The lowest BCUT2D eigenvalue weighted by Gasteiger charge is -2.34. The van der Waals surface area contributed by atoms with E-state index in [1.165, 1.54) is 11.3 Å². The quantitative estimate of drug-likeness (QED) is 0.670. The summed E-state index contributed by atoms with van der Waals surface area (Å²) in [7, 11) is 0. The molecule has 0 aliphatic carbocycles. The molecule has 1 aromatic carbocycles. The minimum atomic E-state index is -0.0218. The SMILES string of the molecule is CCOc1cc(N2CCOCC2)ccc1[C@@H]1[C@@H](c2ccccn2)N=C2SC[C@@H](CC)N21. The lowest BCUT2D eigenvalue weighted by Crippen LogP contribution is -2.37. The molecular formula is C24H30N4O2S. The number of rotatable bonds is 6. The Bertz CT molecular complexity index is 932. The Balaban J connectivity index is 1.56. The standard InChI is InChI=1S/C24H30N4O2S/c1-3-17-16-31-24-26-22(20-7-5-6-10-25-20)23(28(17)24)19-9-8-18(15-21(19)30-4-2)27-11-13-29-14-12-27/h5-10,15,17,22-23H,3-4,11-14,16H2,1-2H3/t17-,22-,23-/m1/s1. The number of fused-ring (bicyclic) bond motifs is 1. The predicted molar refractivity (Wildman–Crippen MR) is 126 cm³/mol. The van der Waals surface area contributed by atoms with Gasteiger partial charge in [-0.3, -0.25) is 9.98 Å². The summed E-state index contributed by atoms with van der Waals surface area (Å²) in [5, 5.41) is 1.15. The van der Waals surface area contributed by atoms with Gasteiger partial charge in [0.15, 0.2) is 5.17 Å². The Hall–Kier alpha value is -2.25. The average molecular weight is 439 g/mol. The fraction of sp³-hybridized carbons (Fsp3) is 0.500. The summed E-state index contributed by atoms with van der Waals surface area (Å²) in [4.78, 5) is 14.7. The molecule has 31 heavy (non-hydrogen) atoms. The summed E-state index contributed by atoms with van der Waals surface area (Å²) in [5.74, 6) is 2.05. The van der Waals surface area contributed by atoms with E-state index < -0.39 is 0 Å². The van der Waals surface area contributed by atoms with E-state index in [9.17, 15) is 0 Å². The molecule has 4 heterocycles. The van der Waals surface area contributed by atoms with E-state index in [-0.39, 0.29) is 12.1 Å². The van der Waals surface area contributed by atoms with E-state index in [2.05, 4.69) is 59.0 Å². The van der Waals surface area contributed by atoms with Crippen molar-refractivity contribution in [1.82, 2.24) is 9.88 Å². The van der Waals surface area contributed by atoms with Gasteiger partial charge >= 0.3 is 0 Å². The lowest BCUT2D eigenvalue weighted by molar-refractivity contribution is 0.122. The van der Waals surface area contributed by atoms with Crippen LogP contribution in [0.4, 0.5) is 5.69 Å². The summed E-state index contributed by atoms with van der Waals surface area (Å²) < 4.78 is 11.8. The van der Waals surface area contributed by atoms with Crippen LogP contribution >= 0.6 is 11.8 Å². The second-order valence-corrected chi connectivity index (χ2v) is 9.08. The number of morpholine rings is 1. The molecule has 2 fully saturated rings. The Morgan fingerprint density at radius 1 is 1.16 bits per heavy atom. The van der Waals surface area contributed by atoms with Gasteiger partial charge in [-0.15, -0.1) is 0 Å². The zero-order valence-electron chi connectivity index (χ0n) is 18.2. The van der Waals surface area contributed by atoms with Gasteiger partial charge in [-0.1, -0.05) is 30.8 Å². The van der Waals surface area contributed by atoms with Gasteiger partial charge in [0.25, 0.3) is 0 Å². The molecule has 0 bridgehead atoms. The van der Waals surface area contributed by atoms with Crippen molar-refractivity contribution in [2.45, 2.75) is 38.4 Å². The first-order chi connectivity index (χ1) is 15.3. The van der Waals surface area contributed by atoms with Crippen molar-refractivity contribution < 1.29 is 9.47 Å².